The Morgan fingerprint density at radius 2 is 1.95 bits per heavy atom. The van der Waals surface area contributed by atoms with E-state index in [1.165, 1.54) is 6.07 Å². The Kier molecular flexibility index (Phi) is 3.95. The number of hydrogen-bond donors (Lipinski definition) is 1. The summed E-state index contributed by atoms with van der Waals surface area (Å²) in [4.78, 5) is 0. The first-order valence-electron chi connectivity index (χ1n) is 6.19. The molecule has 0 aliphatic rings. The summed E-state index contributed by atoms with van der Waals surface area (Å²) >= 11 is 0. The topological polar surface area (TPSA) is 43.8 Å². The Morgan fingerprint density at radius 3 is 2.58 bits per heavy atom. The van der Waals surface area contributed by atoms with Crippen LogP contribution in [0.3, 0.4) is 0 Å². The van der Waals surface area contributed by atoms with Crippen LogP contribution in [0.2, 0.25) is 0 Å². The zero-order valence-corrected chi connectivity index (χ0v) is 11.1. The second-order valence-electron chi connectivity index (χ2n) is 4.59. The average molecular weight is 265 g/mol. The molecule has 1 heterocycles. The molecule has 0 saturated carbocycles. The number of aryl methyl sites for hydroxylation is 1. The van der Waals surface area contributed by atoms with Crippen molar-refractivity contribution in [3.63, 3.8) is 0 Å². The molecule has 0 radical (unpaired) electrons. The normalized spacial score (nSPS) is 11.0. The van der Waals surface area contributed by atoms with Gasteiger partial charge in [0.1, 0.15) is 0 Å². The SMILES string of the molecule is Cc1nn(Cc2ccc(F)c(F)c2)c(C)c1CCN. The third kappa shape index (κ3) is 2.81. The Balaban J connectivity index is 2.28. The van der Waals surface area contributed by atoms with Gasteiger partial charge >= 0.3 is 0 Å². The van der Waals surface area contributed by atoms with Crippen LogP contribution >= 0.6 is 0 Å². The van der Waals surface area contributed by atoms with Gasteiger partial charge in [0, 0.05) is 5.69 Å². The molecule has 1 aromatic carbocycles. The number of hydrogen-bond acceptors (Lipinski definition) is 2. The minimum Gasteiger partial charge on any atom is -0.330 e. The molecule has 0 fully saturated rings. The molecule has 0 bridgehead atoms. The standard InChI is InChI=1S/C14H17F2N3/c1-9-12(5-6-17)10(2)19(18-9)8-11-3-4-13(15)14(16)7-11/h3-4,7H,5-6,8,17H2,1-2H3. The van der Waals surface area contributed by atoms with E-state index in [-0.39, 0.29) is 0 Å². The highest BCUT2D eigenvalue weighted by atomic mass is 19.2. The Morgan fingerprint density at radius 1 is 1.21 bits per heavy atom. The highest BCUT2D eigenvalue weighted by Crippen LogP contribution is 2.16. The molecular weight excluding hydrogens is 248 g/mol. The summed E-state index contributed by atoms with van der Waals surface area (Å²) in [5.74, 6) is -1.66. The largest absolute Gasteiger partial charge is 0.330 e. The Hall–Kier alpha value is -1.75. The molecule has 2 aromatic rings. The van der Waals surface area contributed by atoms with Crippen LogP contribution in [0.5, 0.6) is 0 Å². The summed E-state index contributed by atoms with van der Waals surface area (Å²) in [7, 11) is 0. The molecule has 0 amide bonds. The van der Waals surface area contributed by atoms with Crippen LogP contribution in [0.4, 0.5) is 8.78 Å². The molecule has 2 N–H and O–H groups in total. The van der Waals surface area contributed by atoms with Crippen molar-refractivity contribution in [3.05, 3.63) is 52.3 Å². The summed E-state index contributed by atoms with van der Waals surface area (Å²) in [5.41, 5.74) is 9.34. The second-order valence-corrected chi connectivity index (χ2v) is 4.59. The highest BCUT2D eigenvalue weighted by molar-refractivity contribution is 5.26. The van der Waals surface area contributed by atoms with Crippen molar-refractivity contribution in [3.8, 4) is 0 Å². The predicted octanol–water partition coefficient (Wildman–Crippen LogP) is 2.33. The molecule has 1 aromatic heterocycles. The van der Waals surface area contributed by atoms with Crippen LogP contribution in [0, 0.1) is 25.5 Å². The summed E-state index contributed by atoms with van der Waals surface area (Å²) in [5, 5.41) is 4.42. The number of nitrogens with two attached hydrogens (primary N) is 1. The number of aromatic nitrogens is 2. The van der Waals surface area contributed by atoms with E-state index in [2.05, 4.69) is 5.10 Å². The lowest BCUT2D eigenvalue weighted by Gasteiger charge is -2.06. The maximum Gasteiger partial charge on any atom is 0.159 e. The predicted molar refractivity (Wildman–Crippen MR) is 69.9 cm³/mol. The van der Waals surface area contributed by atoms with Gasteiger partial charge in [-0.25, -0.2) is 8.78 Å². The van der Waals surface area contributed by atoms with Crippen molar-refractivity contribution >= 4 is 0 Å². The van der Waals surface area contributed by atoms with Gasteiger partial charge < -0.3 is 5.73 Å². The summed E-state index contributed by atoms with van der Waals surface area (Å²) in [6.45, 7) is 4.89. The van der Waals surface area contributed by atoms with Crippen LogP contribution in [-0.2, 0) is 13.0 Å². The molecule has 2 rings (SSSR count). The van der Waals surface area contributed by atoms with Crippen molar-refractivity contribution in [1.82, 2.24) is 9.78 Å². The molecule has 0 aliphatic carbocycles. The van der Waals surface area contributed by atoms with Gasteiger partial charge in [0.15, 0.2) is 11.6 Å². The summed E-state index contributed by atoms with van der Waals surface area (Å²) in [6, 6.07) is 3.91. The van der Waals surface area contributed by atoms with E-state index >= 15 is 0 Å². The van der Waals surface area contributed by atoms with Crippen molar-refractivity contribution in [2.45, 2.75) is 26.8 Å². The molecule has 0 aliphatic heterocycles. The molecule has 0 spiro atoms. The lowest BCUT2D eigenvalue weighted by Crippen LogP contribution is -2.07. The first-order chi connectivity index (χ1) is 9.02. The fourth-order valence-electron chi connectivity index (χ4n) is 2.21. The number of halogens is 2. The van der Waals surface area contributed by atoms with Crippen LogP contribution in [0.1, 0.15) is 22.5 Å². The quantitative estimate of drug-likeness (QED) is 0.922. The lowest BCUT2D eigenvalue weighted by atomic mass is 10.1. The molecule has 19 heavy (non-hydrogen) atoms. The number of rotatable bonds is 4. The van der Waals surface area contributed by atoms with Crippen LogP contribution in [-0.4, -0.2) is 16.3 Å². The van der Waals surface area contributed by atoms with Crippen molar-refractivity contribution in [2.24, 2.45) is 5.73 Å². The van der Waals surface area contributed by atoms with E-state index in [1.54, 1.807) is 10.7 Å². The summed E-state index contributed by atoms with van der Waals surface area (Å²) < 4.78 is 27.8. The second kappa shape index (κ2) is 5.48. The molecule has 102 valence electrons. The van der Waals surface area contributed by atoms with Gasteiger partial charge in [0.2, 0.25) is 0 Å². The number of nitrogens with zero attached hydrogens (tertiary/aromatic N) is 2. The third-order valence-electron chi connectivity index (χ3n) is 3.24. The Labute approximate surface area is 111 Å². The van der Waals surface area contributed by atoms with E-state index in [0.717, 1.165) is 29.4 Å². The van der Waals surface area contributed by atoms with E-state index < -0.39 is 11.6 Å². The van der Waals surface area contributed by atoms with E-state index in [9.17, 15) is 8.78 Å². The first kappa shape index (κ1) is 13.7. The van der Waals surface area contributed by atoms with Gasteiger partial charge in [0.25, 0.3) is 0 Å². The third-order valence-corrected chi connectivity index (χ3v) is 3.24. The molecular formula is C14H17F2N3. The van der Waals surface area contributed by atoms with Gasteiger partial charge in [-0.05, 0) is 50.1 Å². The van der Waals surface area contributed by atoms with Crippen LogP contribution in [0.25, 0.3) is 0 Å². The van der Waals surface area contributed by atoms with Crippen molar-refractivity contribution in [1.29, 1.82) is 0 Å². The van der Waals surface area contributed by atoms with Crippen LogP contribution < -0.4 is 5.73 Å². The molecule has 0 unspecified atom stereocenters. The van der Waals surface area contributed by atoms with E-state index in [0.29, 0.717) is 18.7 Å². The van der Waals surface area contributed by atoms with Gasteiger partial charge in [-0.3, -0.25) is 4.68 Å². The van der Waals surface area contributed by atoms with E-state index in [4.69, 9.17) is 5.73 Å². The van der Waals surface area contributed by atoms with Gasteiger partial charge in [-0.15, -0.1) is 0 Å². The fraction of sp³-hybridized carbons (Fsp3) is 0.357. The van der Waals surface area contributed by atoms with Crippen molar-refractivity contribution < 1.29 is 8.78 Å². The average Bonchev–Trinajstić information content (AvgIpc) is 2.62. The maximum absolute atomic E-state index is 13.2. The zero-order valence-electron chi connectivity index (χ0n) is 11.1. The lowest BCUT2D eigenvalue weighted by molar-refractivity contribution is 0.505. The minimum atomic E-state index is -0.832. The zero-order chi connectivity index (χ0) is 14.0. The maximum atomic E-state index is 13.2. The van der Waals surface area contributed by atoms with Gasteiger partial charge in [-0.1, -0.05) is 6.07 Å². The van der Waals surface area contributed by atoms with Gasteiger partial charge in [0.05, 0.1) is 12.2 Å². The summed E-state index contributed by atoms with van der Waals surface area (Å²) in [6.07, 6.45) is 0.773. The Bertz CT molecular complexity index is 591. The molecule has 5 heteroatoms. The molecule has 0 saturated heterocycles. The molecule has 3 nitrogen and oxygen atoms in total. The fourth-order valence-corrected chi connectivity index (χ4v) is 2.21. The van der Waals surface area contributed by atoms with Gasteiger partial charge in [-0.2, -0.15) is 5.10 Å². The first-order valence-corrected chi connectivity index (χ1v) is 6.19. The molecule has 0 atom stereocenters. The highest BCUT2D eigenvalue weighted by Gasteiger charge is 2.11. The van der Waals surface area contributed by atoms with E-state index in [1.807, 2.05) is 13.8 Å². The smallest absolute Gasteiger partial charge is 0.159 e. The van der Waals surface area contributed by atoms with Crippen molar-refractivity contribution in [2.75, 3.05) is 6.54 Å². The number of benzene rings is 1. The minimum absolute atomic E-state index is 0.425. The monoisotopic (exact) mass is 265 g/mol. The van der Waals surface area contributed by atoms with Crippen LogP contribution in [0.15, 0.2) is 18.2 Å².